The number of hydrogen-bond donors (Lipinski definition) is 18. The van der Waals surface area contributed by atoms with Gasteiger partial charge in [-0.3, -0.25) is 33.6 Å². The Morgan fingerprint density at radius 3 is 1.43 bits per heavy atom. The highest BCUT2D eigenvalue weighted by Gasteiger charge is 2.60. The number of amides is 3. The highest BCUT2D eigenvalue weighted by Crippen LogP contribution is 2.41. The molecule has 23 aliphatic heterocycles. The molecule has 22 fully saturated rings. The number of anilines is 1. The van der Waals surface area contributed by atoms with Crippen LogP contribution in [0.3, 0.4) is 0 Å². The SMILES string of the molecule is CCC1OC2OC3C(CO)OC(OC4C(CO)OC(OC5C(Cn6nnc7c6CCCCCC7OCC(=O)NCCCC[C@@H](CC(=O)CCOCCOCCOCCOCCCC(=O)CCC(=O)N6Cc7ccccc7C#Cc7ccccc76)C(=O)N[C@H](C(=O)C[C@@H](C)C(=O)C(C)C)C(C)C)OC(OC6C(CO)OC(OC7C(CO)OC(OC1C(O)C2O)C(O)C7O)C(O)C6O)C(O)C5O)C(O)C4O)C(O)C3O. The molecule has 46 heteroatoms. The molecule has 802 valence electrons. The van der Waals surface area contributed by atoms with Gasteiger partial charge in [0.25, 0.3) is 0 Å². The van der Waals surface area contributed by atoms with Gasteiger partial charge in [0.2, 0.25) is 17.7 Å². The van der Waals surface area contributed by atoms with Crippen LogP contribution >= 0.6 is 0 Å². The highest BCUT2D eigenvalue weighted by molar-refractivity contribution is 5.97. The Bertz CT molecular complexity index is 4570. The number of rotatable bonds is 44. The molecular weight excluding hydrogens is 1890 g/mol. The summed E-state index contributed by atoms with van der Waals surface area (Å²) < 4.78 is 103. The van der Waals surface area contributed by atoms with Gasteiger partial charge in [-0.15, -0.1) is 5.10 Å². The van der Waals surface area contributed by atoms with Crippen LogP contribution in [-0.4, -0.2) is 420 Å². The fraction of sp³-hybridized carbons (Fsp3) is 0.763. The summed E-state index contributed by atoms with van der Waals surface area (Å²) in [6.45, 7) is 7.37. The van der Waals surface area contributed by atoms with Gasteiger partial charge in [-0.1, -0.05) is 108 Å². The zero-order valence-electron chi connectivity index (χ0n) is 81.3. The van der Waals surface area contributed by atoms with Gasteiger partial charge in [-0.25, -0.2) is 4.68 Å². The first kappa shape index (κ1) is 115. The van der Waals surface area contributed by atoms with E-state index in [0.717, 1.165) is 16.7 Å². The van der Waals surface area contributed by atoms with Crippen molar-refractivity contribution in [3.05, 3.63) is 76.6 Å². The van der Waals surface area contributed by atoms with Crippen molar-refractivity contribution in [2.45, 2.75) is 354 Å². The van der Waals surface area contributed by atoms with E-state index in [1.807, 2.05) is 48.5 Å². The first-order valence-corrected chi connectivity index (χ1v) is 49.6. The third kappa shape index (κ3) is 29.8. The monoisotopic (exact) mass is 2030 g/mol. The first-order chi connectivity index (χ1) is 68.7. The second kappa shape index (κ2) is 55.4. The number of carbonyl (C=O) groups is 7. The summed E-state index contributed by atoms with van der Waals surface area (Å²) in [5.41, 5.74) is 3.92. The molecule has 1 aliphatic carbocycles. The average Bonchev–Trinajstić information content (AvgIpc) is 1.67. The predicted molar refractivity (Wildman–Crippen MR) is 490 cm³/mol. The molecule has 22 saturated heterocycles. The van der Waals surface area contributed by atoms with Crippen LogP contribution in [0.2, 0.25) is 0 Å². The maximum atomic E-state index is 14.3. The maximum Gasteiger partial charge on any atom is 0.246 e. The molecule has 3 aromatic rings. The van der Waals surface area contributed by atoms with Gasteiger partial charge in [0.15, 0.2) is 43.5 Å². The van der Waals surface area contributed by atoms with Crippen LogP contribution in [0.5, 0.6) is 0 Å². The Morgan fingerprint density at radius 1 is 0.476 bits per heavy atom. The maximum absolute atomic E-state index is 14.3. The van der Waals surface area contributed by atoms with Crippen molar-refractivity contribution in [1.29, 1.82) is 0 Å². The number of fused-ring (bicyclic) bond motifs is 3. The van der Waals surface area contributed by atoms with E-state index in [-0.39, 0.29) is 151 Å². The first-order valence-electron chi connectivity index (χ1n) is 49.6. The van der Waals surface area contributed by atoms with Crippen molar-refractivity contribution < 1.29 is 196 Å². The number of ether oxygens (including phenoxy) is 17. The van der Waals surface area contributed by atoms with Crippen LogP contribution in [0.1, 0.15) is 172 Å². The van der Waals surface area contributed by atoms with E-state index in [9.17, 15) is 115 Å². The standard InChI is InChI=1S/C97H144N6O40/c1-7-61-85-73(114)79(120)92(132-61)140-87-64(44-104)136-96(83(124)77(87)118)143-90-67(47-107)135-95(82(123)76(90)117)139-86-63(133-93(80(121)74(86)115)141-88-65(45-105)137-97(84(125)78(88)119)142-89-66(46-106)134-94(138-85)81(122)75(89)116)43-103-59-24-9-8-10-25-62(71(59)100-101-103)131-48-68(111)98-31-16-15-20-54(91(126)99-70(49(2)3)60(110)40-51(6)72(113)50(4)5)41-57(109)30-33-128-35-37-130-39-38-129-36-34-127-32-17-22-56(108)28-29-69(112)102-42-55-21-12-11-18-52(55)26-27-53-19-13-14-23-58(53)102/h11-14,18-19,21,23,49-51,54,61-67,70,73-90,92-97,104-107,114-125H,7-10,15-17,20,22,24-25,28-48H2,1-6H3,(H,98,111)(H,99,126)/t51-,54+,61?,62?,63?,64?,65?,66?,67?,70+,73?,74?,75?,76?,77?,78?,79?,80?,81?,82?,83?,84?,85?,86?,87?,88?,89?,90?,92?,93?,94?,95?,96?,97?/m1/s1. The lowest BCUT2D eigenvalue weighted by molar-refractivity contribution is -0.403. The zero-order chi connectivity index (χ0) is 103. The molecule has 24 aliphatic rings. The molecule has 24 heterocycles. The average molecular weight is 2030 g/mol. The Hall–Kier alpha value is -7.09. The molecule has 12 bridgehead atoms. The van der Waals surface area contributed by atoms with Crippen molar-refractivity contribution in [3.8, 4) is 11.8 Å². The Labute approximate surface area is 827 Å². The van der Waals surface area contributed by atoms with Crippen molar-refractivity contribution in [2.75, 3.05) is 97.3 Å². The van der Waals surface area contributed by atoms with Gasteiger partial charge in [0, 0.05) is 80.6 Å². The van der Waals surface area contributed by atoms with Gasteiger partial charge in [0.1, 0.15) is 176 Å². The lowest BCUT2D eigenvalue weighted by Gasteiger charge is -2.51. The van der Waals surface area contributed by atoms with Crippen LogP contribution < -0.4 is 15.5 Å². The Balaban J connectivity index is 0.641. The van der Waals surface area contributed by atoms with Crippen LogP contribution in [-0.2, 0) is 134 Å². The number of aromatic nitrogens is 3. The van der Waals surface area contributed by atoms with Crippen molar-refractivity contribution in [3.63, 3.8) is 0 Å². The summed E-state index contributed by atoms with van der Waals surface area (Å²) >= 11 is 0. The molecule has 31 unspecified atom stereocenters. The third-order valence-corrected chi connectivity index (χ3v) is 27.2. The second-order valence-electron chi connectivity index (χ2n) is 38.3. The fourth-order valence-corrected chi connectivity index (χ4v) is 19.1. The van der Waals surface area contributed by atoms with Crippen LogP contribution in [0.25, 0.3) is 0 Å². The smallest absolute Gasteiger partial charge is 0.246 e. The van der Waals surface area contributed by atoms with E-state index >= 15 is 0 Å². The number of unbranched alkanes of at least 4 members (excludes halogenated alkanes) is 1. The molecule has 0 radical (unpaired) electrons. The number of aliphatic hydroxyl groups excluding tert-OH is 16. The molecule has 46 nitrogen and oxygen atoms in total. The number of aliphatic hydroxyl groups is 16. The van der Waals surface area contributed by atoms with Crippen molar-refractivity contribution >= 4 is 46.5 Å². The number of benzene rings is 2. The van der Waals surface area contributed by atoms with Gasteiger partial charge < -0.3 is 178 Å². The van der Waals surface area contributed by atoms with Gasteiger partial charge in [0.05, 0.1) is 109 Å². The molecule has 2 aromatic carbocycles. The Morgan fingerprint density at radius 2 is 0.930 bits per heavy atom. The van der Waals surface area contributed by atoms with Crippen LogP contribution in [0.15, 0.2) is 48.5 Å². The van der Waals surface area contributed by atoms with E-state index in [4.69, 9.17) is 80.5 Å². The fourth-order valence-electron chi connectivity index (χ4n) is 19.1. The third-order valence-electron chi connectivity index (χ3n) is 27.2. The van der Waals surface area contributed by atoms with Gasteiger partial charge in [-0.2, -0.15) is 0 Å². The molecule has 27 rings (SSSR count). The summed E-state index contributed by atoms with van der Waals surface area (Å²) in [6.07, 6.45) is -56.2. The summed E-state index contributed by atoms with van der Waals surface area (Å²) in [5, 5.41) is 199. The molecule has 0 spiro atoms. The van der Waals surface area contributed by atoms with E-state index < -0.39 is 260 Å². The van der Waals surface area contributed by atoms with Gasteiger partial charge >= 0.3 is 0 Å². The van der Waals surface area contributed by atoms with Crippen LogP contribution in [0.4, 0.5) is 5.69 Å². The van der Waals surface area contributed by atoms with E-state index in [1.165, 1.54) is 4.68 Å². The number of nitrogens with zero attached hydrogens (tertiary/aromatic N) is 4. The number of ketones is 4. The summed E-state index contributed by atoms with van der Waals surface area (Å²) in [6, 6.07) is 14.2. The molecular formula is C97H144N6O40. The normalized spacial score (nSPS) is 33.9. The quantitative estimate of drug-likeness (QED) is 0.0191. The van der Waals surface area contributed by atoms with Crippen LogP contribution in [0, 0.1) is 35.5 Å². The molecule has 18 N–H and O–H groups in total. The predicted octanol–water partition coefficient (Wildman–Crippen LogP) is -3.81. The number of hydrogen-bond acceptors (Lipinski definition) is 42. The summed E-state index contributed by atoms with van der Waals surface area (Å²) in [7, 11) is 0. The lowest BCUT2D eigenvalue weighted by atomic mass is 9.87. The minimum Gasteiger partial charge on any atom is -0.394 e. The number of para-hydroxylation sites is 1. The number of nitrogens with one attached hydrogen (secondary N) is 2. The van der Waals surface area contributed by atoms with E-state index in [2.05, 4.69) is 32.8 Å². The molecule has 0 saturated carbocycles. The largest absolute Gasteiger partial charge is 0.394 e. The Kier molecular flexibility index (Phi) is 44.4. The number of carbonyl (C=O) groups excluding carboxylic acids is 7. The highest BCUT2D eigenvalue weighted by atomic mass is 16.8. The molecule has 143 heavy (non-hydrogen) atoms. The topological polar surface area (TPSA) is 658 Å². The van der Waals surface area contributed by atoms with Gasteiger partial charge in [-0.05, 0) is 74.6 Å². The second-order valence-corrected chi connectivity index (χ2v) is 38.3. The molecule has 3 amide bonds. The minimum atomic E-state index is -2.26. The summed E-state index contributed by atoms with van der Waals surface area (Å²) in [5.74, 6) is 2.21. The molecule has 1 aromatic heterocycles. The molecule has 34 atom stereocenters. The van der Waals surface area contributed by atoms with E-state index in [0.29, 0.717) is 76.1 Å². The van der Waals surface area contributed by atoms with Crippen molar-refractivity contribution in [2.24, 2.45) is 23.7 Å². The number of Topliss-reactive ketones (excluding diaryl/α,β-unsaturated/α-hetero) is 4. The van der Waals surface area contributed by atoms with Crippen molar-refractivity contribution in [1.82, 2.24) is 25.6 Å². The minimum absolute atomic E-state index is 0.0228. The van der Waals surface area contributed by atoms with E-state index in [1.54, 1.807) is 46.4 Å². The summed E-state index contributed by atoms with van der Waals surface area (Å²) in [4.78, 5) is 96.6. The zero-order valence-corrected chi connectivity index (χ0v) is 81.3. The lowest BCUT2D eigenvalue weighted by Crippen LogP contribution is -2.69.